The molecule has 2 rings (SSSR count). The van der Waals surface area contributed by atoms with E-state index in [0.29, 0.717) is 5.69 Å². The molecule has 1 aromatic rings. The molecule has 1 aliphatic rings. The van der Waals surface area contributed by atoms with E-state index in [1.54, 1.807) is 6.92 Å². The highest BCUT2D eigenvalue weighted by Crippen LogP contribution is 2.23. The monoisotopic (exact) mass is 259 g/mol. The van der Waals surface area contributed by atoms with Gasteiger partial charge in [-0.05, 0) is 6.92 Å². The zero-order valence-corrected chi connectivity index (χ0v) is 9.82. The average Bonchev–Trinajstić information content (AvgIpc) is 2.61. The topological polar surface area (TPSA) is 80.2 Å². The minimum Gasteiger partial charge on any atom is -0.294 e. The molecular formula is C9H10FN3O3S. The van der Waals surface area contributed by atoms with Crippen molar-refractivity contribution in [1.29, 1.82) is 0 Å². The summed E-state index contributed by atoms with van der Waals surface area (Å²) in [6, 6.07) is 0. The number of carbonyl (C=O) groups excluding carboxylic acids is 1. The van der Waals surface area contributed by atoms with E-state index in [4.69, 9.17) is 0 Å². The average molecular weight is 259 g/mol. The molecule has 1 amide bonds. The molecule has 1 aliphatic heterocycles. The Morgan fingerprint density at radius 2 is 2.12 bits per heavy atom. The third-order valence-electron chi connectivity index (χ3n) is 2.53. The summed E-state index contributed by atoms with van der Waals surface area (Å²) < 4.78 is 34.2. The normalized spacial score (nSPS) is 20.9. The largest absolute Gasteiger partial charge is 0.307 e. The van der Waals surface area contributed by atoms with Crippen LogP contribution in [-0.2, 0) is 15.0 Å². The molecule has 1 unspecified atom stereocenters. The maximum Gasteiger partial charge on any atom is 0.307 e. The smallest absolute Gasteiger partial charge is 0.294 e. The van der Waals surface area contributed by atoms with Crippen LogP contribution < -0.4 is 4.90 Å². The maximum atomic E-state index is 12.8. The second-order valence-corrected chi connectivity index (χ2v) is 5.44. The number of anilines is 1. The molecule has 0 radical (unpaired) electrons. The number of hydrogen-bond donors (Lipinski definition) is 0. The second-order valence-electron chi connectivity index (χ2n) is 3.82. The van der Waals surface area contributed by atoms with Crippen molar-refractivity contribution in [3.8, 4) is 0 Å². The number of hydrogen-bond acceptors (Lipinski definition) is 5. The van der Waals surface area contributed by atoms with Gasteiger partial charge in [0.25, 0.3) is 0 Å². The molecule has 1 aromatic heterocycles. The fourth-order valence-corrected chi connectivity index (χ4v) is 2.28. The van der Waals surface area contributed by atoms with Gasteiger partial charge in [0, 0.05) is 13.0 Å². The first-order valence-corrected chi connectivity index (χ1v) is 6.35. The Labute approximate surface area is 97.7 Å². The molecule has 6 nitrogen and oxygen atoms in total. The van der Waals surface area contributed by atoms with E-state index in [9.17, 15) is 17.1 Å². The van der Waals surface area contributed by atoms with E-state index in [1.807, 2.05) is 0 Å². The van der Waals surface area contributed by atoms with E-state index in [1.165, 1.54) is 12.4 Å². The van der Waals surface area contributed by atoms with Crippen LogP contribution in [0.4, 0.5) is 9.70 Å². The Hall–Kier alpha value is -1.57. The van der Waals surface area contributed by atoms with Crippen LogP contribution in [0.3, 0.4) is 0 Å². The summed E-state index contributed by atoms with van der Waals surface area (Å²) in [6.07, 6.45) is 2.47. The molecule has 0 aliphatic carbocycles. The Morgan fingerprint density at radius 1 is 1.41 bits per heavy atom. The quantitative estimate of drug-likeness (QED) is 0.708. The van der Waals surface area contributed by atoms with Gasteiger partial charge in [-0.3, -0.25) is 14.7 Å². The number of rotatable bonds is 2. The molecule has 0 N–H and O–H groups in total. The van der Waals surface area contributed by atoms with Gasteiger partial charge in [0.15, 0.2) is 5.82 Å². The molecule has 1 saturated heterocycles. The summed E-state index contributed by atoms with van der Waals surface area (Å²) in [6.45, 7) is 1.52. The molecule has 0 spiro atoms. The predicted octanol–water partition coefficient (Wildman–Crippen LogP) is 0.190. The number of halogens is 1. The van der Waals surface area contributed by atoms with Crippen molar-refractivity contribution in [1.82, 2.24) is 9.97 Å². The molecule has 0 aromatic carbocycles. The Kier molecular flexibility index (Phi) is 2.82. The zero-order chi connectivity index (χ0) is 12.6. The summed E-state index contributed by atoms with van der Waals surface area (Å²) in [7, 11) is -4.70. The first kappa shape index (κ1) is 11.9. The van der Waals surface area contributed by atoms with E-state index < -0.39 is 21.4 Å². The van der Waals surface area contributed by atoms with Crippen LogP contribution in [-0.4, -0.2) is 36.1 Å². The van der Waals surface area contributed by atoms with Crippen molar-refractivity contribution in [3.05, 3.63) is 18.1 Å². The second kappa shape index (κ2) is 4.02. The van der Waals surface area contributed by atoms with Gasteiger partial charge >= 0.3 is 10.2 Å². The molecule has 1 fully saturated rings. The number of amides is 1. The lowest BCUT2D eigenvalue weighted by atomic mass is 10.4. The van der Waals surface area contributed by atoms with Crippen LogP contribution in [0.5, 0.6) is 0 Å². The van der Waals surface area contributed by atoms with Crippen LogP contribution in [0, 0.1) is 6.92 Å². The van der Waals surface area contributed by atoms with Crippen molar-refractivity contribution < 1.29 is 17.1 Å². The molecule has 1 atom stereocenters. The number of nitrogens with zero attached hydrogens (tertiary/aromatic N) is 3. The van der Waals surface area contributed by atoms with E-state index in [2.05, 4.69) is 9.97 Å². The van der Waals surface area contributed by atoms with Gasteiger partial charge in [-0.15, -0.1) is 3.89 Å². The number of aryl methyl sites for hydroxylation is 1. The van der Waals surface area contributed by atoms with Crippen molar-refractivity contribution in [2.75, 3.05) is 11.4 Å². The van der Waals surface area contributed by atoms with Gasteiger partial charge in [0.05, 0.1) is 18.1 Å². The molecule has 92 valence electrons. The van der Waals surface area contributed by atoms with Crippen LogP contribution >= 0.6 is 0 Å². The third kappa shape index (κ3) is 2.41. The third-order valence-corrected chi connectivity index (χ3v) is 3.64. The van der Waals surface area contributed by atoms with Gasteiger partial charge in [-0.1, -0.05) is 0 Å². The lowest BCUT2D eigenvalue weighted by Crippen LogP contribution is -2.27. The van der Waals surface area contributed by atoms with Gasteiger partial charge < -0.3 is 0 Å². The van der Waals surface area contributed by atoms with Crippen LogP contribution in [0.1, 0.15) is 12.1 Å². The summed E-state index contributed by atoms with van der Waals surface area (Å²) in [5.41, 5.74) is 0.676. The first-order chi connectivity index (χ1) is 7.88. The van der Waals surface area contributed by atoms with Crippen molar-refractivity contribution in [2.24, 2.45) is 0 Å². The van der Waals surface area contributed by atoms with Gasteiger partial charge in [-0.2, -0.15) is 8.42 Å². The zero-order valence-electron chi connectivity index (χ0n) is 9.00. The summed E-state index contributed by atoms with van der Waals surface area (Å²) in [4.78, 5) is 20.6. The highest BCUT2D eigenvalue weighted by molar-refractivity contribution is 7.87. The van der Waals surface area contributed by atoms with Gasteiger partial charge in [-0.25, -0.2) is 4.98 Å². The van der Waals surface area contributed by atoms with Crippen LogP contribution in [0.15, 0.2) is 12.4 Å². The molecule has 0 bridgehead atoms. The summed E-state index contributed by atoms with van der Waals surface area (Å²) in [5.74, 6) is -0.221. The highest BCUT2D eigenvalue weighted by atomic mass is 32.3. The van der Waals surface area contributed by atoms with Crippen LogP contribution in [0.25, 0.3) is 0 Å². The Morgan fingerprint density at radius 3 is 2.59 bits per heavy atom. The molecular weight excluding hydrogens is 249 g/mol. The van der Waals surface area contributed by atoms with Crippen LogP contribution in [0.2, 0.25) is 0 Å². The van der Waals surface area contributed by atoms with Crippen molar-refractivity contribution >= 4 is 21.9 Å². The van der Waals surface area contributed by atoms with Crippen molar-refractivity contribution in [2.45, 2.75) is 18.6 Å². The SMILES string of the molecule is Cc1cnc(N2CC(S(=O)(=O)F)CC2=O)cn1. The molecule has 8 heteroatoms. The lowest BCUT2D eigenvalue weighted by Gasteiger charge is -2.13. The predicted molar refractivity (Wildman–Crippen MR) is 57.6 cm³/mol. The van der Waals surface area contributed by atoms with E-state index in [-0.39, 0.29) is 18.8 Å². The molecule has 2 heterocycles. The molecule has 0 saturated carbocycles. The van der Waals surface area contributed by atoms with E-state index >= 15 is 0 Å². The summed E-state index contributed by atoms with van der Waals surface area (Å²) >= 11 is 0. The minimum absolute atomic E-state index is 0.213. The Balaban J connectivity index is 2.24. The fraction of sp³-hybridized carbons (Fsp3) is 0.444. The number of carbonyl (C=O) groups is 1. The standard InChI is InChI=1S/C9H10FN3O3S/c1-6-3-12-8(4-11-6)13-5-7(2-9(13)14)17(10,15)16/h3-4,7H,2,5H2,1H3. The van der Waals surface area contributed by atoms with E-state index in [0.717, 1.165) is 4.90 Å². The Bertz CT molecular complexity index is 543. The van der Waals surface area contributed by atoms with Crippen molar-refractivity contribution in [3.63, 3.8) is 0 Å². The highest BCUT2D eigenvalue weighted by Gasteiger charge is 2.39. The first-order valence-electron chi connectivity index (χ1n) is 4.90. The molecule has 17 heavy (non-hydrogen) atoms. The lowest BCUT2D eigenvalue weighted by molar-refractivity contribution is -0.117. The van der Waals surface area contributed by atoms with Gasteiger partial charge in [0.2, 0.25) is 5.91 Å². The minimum atomic E-state index is -4.70. The number of aromatic nitrogens is 2. The summed E-state index contributed by atoms with van der Waals surface area (Å²) in [5, 5.41) is -1.31. The maximum absolute atomic E-state index is 12.8. The fourth-order valence-electron chi connectivity index (χ4n) is 1.61. The van der Waals surface area contributed by atoms with Gasteiger partial charge in [0.1, 0.15) is 5.25 Å².